The molecule has 29 heavy (non-hydrogen) atoms. The van der Waals surface area contributed by atoms with Crippen LogP contribution in [0.3, 0.4) is 0 Å². The molecule has 1 heterocycles. The third kappa shape index (κ3) is 4.13. The molecule has 0 unspecified atom stereocenters. The van der Waals surface area contributed by atoms with E-state index in [1.807, 2.05) is 0 Å². The summed E-state index contributed by atoms with van der Waals surface area (Å²) in [4.78, 5) is 60.0. The third-order valence-electron chi connectivity index (χ3n) is 4.37. The molecule has 0 fully saturated rings. The SMILES string of the molecule is O=C(CCCN1C(=O)c2ccccc2C1=O)Nc1cc(C(=O)O)cc(C(=O)O)c1. The second-order valence-corrected chi connectivity index (χ2v) is 6.37. The lowest BCUT2D eigenvalue weighted by Crippen LogP contribution is -2.31. The van der Waals surface area contributed by atoms with E-state index in [-0.39, 0.29) is 36.2 Å². The second-order valence-electron chi connectivity index (χ2n) is 6.37. The van der Waals surface area contributed by atoms with Gasteiger partial charge in [0.15, 0.2) is 0 Å². The molecule has 2 aromatic carbocycles. The zero-order valence-electron chi connectivity index (χ0n) is 15.0. The predicted octanol–water partition coefficient (Wildman–Crippen LogP) is 2.10. The van der Waals surface area contributed by atoms with E-state index in [2.05, 4.69) is 5.32 Å². The Morgan fingerprint density at radius 1 is 0.862 bits per heavy atom. The maximum atomic E-state index is 12.3. The summed E-state index contributed by atoms with van der Waals surface area (Å²) in [5.74, 6) is -3.97. The van der Waals surface area contributed by atoms with Gasteiger partial charge in [-0.3, -0.25) is 19.3 Å². The van der Waals surface area contributed by atoms with E-state index >= 15 is 0 Å². The van der Waals surface area contributed by atoms with Crippen molar-refractivity contribution in [3.63, 3.8) is 0 Å². The minimum atomic E-state index is -1.32. The number of aromatic carboxylic acids is 2. The number of carboxylic acid groups (broad SMARTS) is 2. The van der Waals surface area contributed by atoms with Crippen molar-refractivity contribution < 1.29 is 34.2 Å². The maximum Gasteiger partial charge on any atom is 0.335 e. The standard InChI is InChI=1S/C20H16N2O7/c23-16(21-13-9-11(19(26)27)8-12(10-13)20(28)29)6-3-7-22-17(24)14-4-1-2-5-15(14)18(22)25/h1-2,4-5,8-10H,3,6-7H2,(H,21,23)(H,26,27)(H,28,29). The Morgan fingerprint density at radius 3 is 1.86 bits per heavy atom. The van der Waals surface area contributed by atoms with Gasteiger partial charge in [0, 0.05) is 18.7 Å². The van der Waals surface area contributed by atoms with Crippen LogP contribution in [0.2, 0.25) is 0 Å². The Hall–Kier alpha value is -4.01. The Bertz CT molecular complexity index is 978. The highest BCUT2D eigenvalue weighted by Crippen LogP contribution is 2.23. The number of amides is 3. The molecule has 0 radical (unpaired) electrons. The lowest BCUT2D eigenvalue weighted by molar-refractivity contribution is -0.116. The Balaban J connectivity index is 1.60. The van der Waals surface area contributed by atoms with Crippen LogP contribution in [0.25, 0.3) is 0 Å². The van der Waals surface area contributed by atoms with Crippen molar-refractivity contribution in [2.75, 3.05) is 11.9 Å². The van der Waals surface area contributed by atoms with Crippen LogP contribution in [0.15, 0.2) is 42.5 Å². The van der Waals surface area contributed by atoms with Gasteiger partial charge in [-0.2, -0.15) is 0 Å². The van der Waals surface area contributed by atoms with Crippen LogP contribution in [0.5, 0.6) is 0 Å². The second kappa shape index (κ2) is 7.93. The first-order chi connectivity index (χ1) is 13.8. The highest BCUT2D eigenvalue weighted by atomic mass is 16.4. The fraction of sp³-hybridized carbons (Fsp3) is 0.150. The number of imide groups is 1. The zero-order chi connectivity index (χ0) is 21.1. The molecular formula is C20H16N2O7. The monoisotopic (exact) mass is 396 g/mol. The van der Waals surface area contributed by atoms with E-state index in [4.69, 9.17) is 10.2 Å². The average molecular weight is 396 g/mol. The van der Waals surface area contributed by atoms with Gasteiger partial charge in [-0.15, -0.1) is 0 Å². The van der Waals surface area contributed by atoms with Gasteiger partial charge in [0.25, 0.3) is 11.8 Å². The highest BCUT2D eigenvalue weighted by molar-refractivity contribution is 6.21. The van der Waals surface area contributed by atoms with Gasteiger partial charge < -0.3 is 15.5 Å². The number of nitrogens with one attached hydrogen (secondary N) is 1. The first-order valence-electron chi connectivity index (χ1n) is 8.64. The number of nitrogens with zero attached hydrogens (tertiary/aromatic N) is 1. The van der Waals surface area contributed by atoms with Gasteiger partial charge in [0.2, 0.25) is 5.91 Å². The molecular weight excluding hydrogens is 380 g/mol. The third-order valence-corrected chi connectivity index (χ3v) is 4.37. The molecule has 9 heteroatoms. The Labute approximate surface area is 164 Å². The van der Waals surface area contributed by atoms with Crippen molar-refractivity contribution in [2.45, 2.75) is 12.8 Å². The molecule has 148 valence electrons. The van der Waals surface area contributed by atoms with E-state index in [1.165, 1.54) is 0 Å². The Kier molecular flexibility index (Phi) is 5.40. The molecule has 2 aromatic rings. The van der Waals surface area contributed by atoms with Gasteiger partial charge in [-0.25, -0.2) is 9.59 Å². The summed E-state index contributed by atoms with van der Waals surface area (Å²) in [5.41, 5.74) is 0.146. The van der Waals surface area contributed by atoms with Crippen LogP contribution < -0.4 is 5.32 Å². The fourth-order valence-corrected chi connectivity index (χ4v) is 3.01. The van der Waals surface area contributed by atoms with E-state index in [0.29, 0.717) is 11.1 Å². The molecule has 9 nitrogen and oxygen atoms in total. The Morgan fingerprint density at radius 2 is 1.38 bits per heavy atom. The lowest BCUT2D eigenvalue weighted by atomic mass is 10.1. The summed E-state index contributed by atoms with van der Waals surface area (Å²) in [6.07, 6.45) is 0.148. The van der Waals surface area contributed by atoms with Crippen molar-refractivity contribution in [1.29, 1.82) is 0 Å². The molecule has 3 amide bonds. The van der Waals surface area contributed by atoms with Gasteiger partial charge >= 0.3 is 11.9 Å². The number of carbonyl (C=O) groups excluding carboxylic acids is 3. The minimum Gasteiger partial charge on any atom is -0.478 e. The number of carboxylic acids is 2. The first kappa shape index (κ1) is 19.7. The number of carbonyl (C=O) groups is 5. The van der Waals surface area contributed by atoms with Gasteiger partial charge in [0.05, 0.1) is 22.3 Å². The first-order valence-corrected chi connectivity index (χ1v) is 8.64. The molecule has 0 saturated carbocycles. The summed E-state index contributed by atoms with van der Waals surface area (Å²) >= 11 is 0. The van der Waals surface area contributed by atoms with Crippen LogP contribution in [-0.2, 0) is 4.79 Å². The maximum absolute atomic E-state index is 12.3. The van der Waals surface area contributed by atoms with Crippen molar-refractivity contribution in [2.24, 2.45) is 0 Å². The van der Waals surface area contributed by atoms with E-state index in [0.717, 1.165) is 23.1 Å². The molecule has 0 aromatic heterocycles. The number of hydrogen-bond acceptors (Lipinski definition) is 5. The van der Waals surface area contributed by atoms with Gasteiger partial charge in [-0.1, -0.05) is 12.1 Å². The quantitative estimate of drug-likeness (QED) is 0.609. The molecule has 0 bridgehead atoms. The van der Waals surface area contributed by atoms with Gasteiger partial charge in [-0.05, 0) is 36.8 Å². The molecule has 3 rings (SSSR count). The molecule has 0 atom stereocenters. The van der Waals surface area contributed by atoms with Crippen molar-refractivity contribution >= 4 is 35.3 Å². The van der Waals surface area contributed by atoms with E-state index in [9.17, 15) is 24.0 Å². The zero-order valence-corrected chi connectivity index (χ0v) is 15.0. The van der Waals surface area contributed by atoms with Crippen molar-refractivity contribution in [3.8, 4) is 0 Å². The molecule has 1 aliphatic rings. The summed E-state index contributed by atoms with van der Waals surface area (Å²) < 4.78 is 0. The minimum absolute atomic E-state index is 0.0352. The van der Waals surface area contributed by atoms with Crippen LogP contribution in [0.4, 0.5) is 5.69 Å². The van der Waals surface area contributed by atoms with Crippen LogP contribution in [0, 0.1) is 0 Å². The van der Waals surface area contributed by atoms with E-state index < -0.39 is 29.7 Å². The fourth-order valence-electron chi connectivity index (χ4n) is 3.01. The number of anilines is 1. The molecule has 0 aliphatic carbocycles. The number of hydrogen-bond donors (Lipinski definition) is 3. The largest absolute Gasteiger partial charge is 0.478 e. The van der Waals surface area contributed by atoms with Gasteiger partial charge in [0.1, 0.15) is 0 Å². The number of fused-ring (bicyclic) bond motifs is 1. The summed E-state index contributed by atoms with van der Waals surface area (Å²) in [6.45, 7) is 0.0509. The number of rotatable bonds is 7. The lowest BCUT2D eigenvalue weighted by Gasteiger charge is -2.13. The van der Waals surface area contributed by atoms with Crippen LogP contribution in [0.1, 0.15) is 54.3 Å². The topological polar surface area (TPSA) is 141 Å². The summed E-state index contributed by atoms with van der Waals surface area (Å²) in [7, 11) is 0. The van der Waals surface area contributed by atoms with Crippen molar-refractivity contribution in [1.82, 2.24) is 4.90 Å². The van der Waals surface area contributed by atoms with Crippen LogP contribution in [-0.4, -0.2) is 51.3 Å². The molecule has 3 N–H and O–H groups in total. The van der Waals surface area contributed by atoms with Crippen molar-refractivity contribution in [3.05, 3.63) is 64.7 Å². The molecule has 0 saturated heterocycles. The smallest absolute Gasteiger partial charge is 0.335 e. The molecule has 0 spiro atoms. The summed E-state index contributed by atoms with van der Waals surface area (Å²) in [6, 6.07) is 9.75. The average Bonchev–Trinajstić information content (AvgIpc) is 2.92. The summed E-state index contributed by atoms with van der Waals surface area (Å²) in [5, 5.41) is 20.6. The number of benzene rings is 2. The van der Waals surface area contributed by atoms with E-state index in [1.54, 1.807) is 24.3 Å². The normalized spacial score (nSPS) is 12.6. The molecule has 1 aliphatic heterocycles. The predicted molar refractivity (Wildman–Crippen MR) is 100 cm³/mol. The highest BCUT2D eigenvalue weighted by Gasteiger charge is 2.34. The van der Waals surface area contributed by atoms with Crippen LogP contribution >= 0.6 is 0 Å².